The highest BCUT2D eigenvalue weighted by Gasteiger charge is 2.34. The number of hydrogen-bond donors (Lipinski definition) is 0. The van der Waals surface area contributed by atoms with Crippen LogP contribution in [0.15, 0.2) is 23.8 Å². The zero-order chi connectivity index (χ0) is 14.0. The number of anilines is 1. The van der Waals surface area contributed by atoms with Crippen molar-refractivity contribution in [2.24, 2.45) is 0 Å². The Hall–Kier alpha value is -2.03. The number of pyridine rings is 1. The zero-order valence-electron chi connectivity index (χ0n) is 10.3. The first-order chi connectivity index (χ1) is 8.90. The van der Waals surface area contributed by atoms with Crippen LogP contribution in [0.1, 0.15) is 17.7 Å². The van der Waals surface area contributed by atoms with Gasteiger partial charge in [-0.05, 0) is 25.5 Å². The molecule has 0 bridgehead atoms. The fourth-order valence-electron chi connectivity index (χ4n) is 2.01. The molecule has 0 aliphatic carbocycles. The lowest BCUT2D eigenvalue weighted by molar-refractivity contribution is -0.0944. The molecule has 0 N–H and O–H groups in total. The van der Waals surface area contributed by atoms with Crippen molar-refractivity contribution in [1.29, 1.82) is 5.26 Å². The molecule has 0 radical (unpaired) electrons. The lowest BCUT2D eigenvalue weighted by atomic mass is 10.1. The van der Waals surface area contributed by atoms with Gasteiger partial charge in [0, 0.05) is 24.4 Å². The van der Waals surface area contributed by atoms with Gasteiger partial charge in [-0.25, -0.2) is 4.98 Å². The van der Waals surface area contributed by atoms with Crippen LogP contribution < -0.4 is 4.90 Å². The van der Waals surface area contributed by atoms with E-state index in [9.17, 15) is 13.2 Å². The van der Waals surface area contributed by atoms with E-state index in [0.29, 0.717) is 17.1 Å². The van der Waals surface area contributed by atoms with E-state index in [1.165, 1.54) is 6.08 Å². The normalized spacial score (nSPS) is 15.9. The van der Waals surface area contributed by atoms with Crippen LogP contribution in [-0.4, -0.2) is 24.2 Å². The number of hydrogen-bond acceptors (Lipinski definition) is 3. The van der Waals surface area contributed by atoms with Gasteiger partial charge in [0.2, 0.25) is 0 Å². The Bertz CT molecular complexity index is 555. The number of alkyl halides is 3. The molecule has 6 heteroatoms. The van der Waals surface area contributed by atoms with Crippen molar-refractivity contribution < 1.29 is 13.2 Å². The van der Waals surface area contributed by atoms with E-state index in [0.717, 1.165) is 0 Å². The van der Waals surface area contributed by atoms with Crippen LogP contribution >= 0.6 is 0 Å². The summed E-state index contributed by atoms with van der Waals surface area (Å²) >= 11 is 0. The molecule has 0 saturated heterocycles. The molecule has 2 heterocycles. The van der Waals surface area contributed by atoms with Crippen LogP contribution in [0.5, 0.6) is 0 Å². The SMILES string of the molecule is Cc1cc(C#N)cc(N2CC=C(C(F)(F)F)CC2)n1. The molecule has 1 aliphatic rings. The summed E-state index contributed by atoms with van der Waals surface area (Å²) in [4.78, 5) is 6.00. The van der Waals surface area contributed by atoms with Gasteiger partial charge in [0.25, 0.3) is 0 Å². The van der Waals surface area contributed by atoms with Gasteiger partial charge >= 0.3 is 6.18 Å². The fraction of sp³-hybridized carbons (Fsp3) is 0.385. The molecule has 2 rings (SSSR count). The summed E-state index contributed by atoms with van der Waals surface area (Å²) < 4.78 is 37.5. The summed E-state index contributed by atoms with van der Waals surface area (Å²) in [6.45, 7) is 2.17. The van der Waals surface area contributed by atoms with E-state index in [4.69, 9.17) is 5.26 Å². The number of nitrogens with zero attached hydrogens (tertiary/aromatic N) is 3. The van der Waals surface area contributed by atoms with Gasteiger partial charge in [0.1, 0.15) is 5.82 Å². The molecule has 0 atom stereocenters. The summed E-state index contributed by atoms with van der Waals surface area (Å²) in [7, 11) is 0. The number of aryl methyl sites for hydroxylation is 1. The predicted molar refractivity (Wildman–Crippen MR) is 64.7 cm³/mol. The largest absolute Gasteiger partial charge is 0.412 e. The maximum absolute atomic E-state index is 12.5. The summed E-state index contributed by atoms with van der Waals surface area (Å²) in [5.74, 6) is 0.550. The minimum absolute atomic E-state index is 0.0546. The third-order valence-corrected chi connectivity index (χ3v) is 2.97. The van der Waals surface area contributed by atoms with Gasteiger partial charge in [-0.1, -0.05) is 6.08 Å². The Labute approximate surface area is 109 Å². The molecule has 19 heavy (non-hydrogen) atoms. The Morgan fingerprint density at radius 2 is 2.11 bits per heavy atom. The molecule has 0 unspecified atom stereocenters. The number of nitriles is 1. The first-order valence-corrected chi connectivity index (χ1v) is 5.80. The van der Waals surface area contributed by atoms with Gasteiger partial charge in [-0.2, -0.15) is 18.4 Å². The standard InChI is InChI=1S/C13H12F3N3/c1-9-6-10(8-17)7-12(18-9)19-4-2-11(3-5-19)13(14,15)16/h2,6-7H,3-5H2,1H3. The lowest BCUT2D eigenvalue weighted by Crippen LogP contribution is -2.32. The average Bonchev–Trinajstić information content (AvgIpc) is 2.37. The highest BCUT2D eigenvalue weighted by atomic mass is 19.4. The lowest BCUT2D eigenvalue weighted by Gasteiger charge is -2.28. The van der Waals surface area contributed by atoms with E-state index >= 15 is 0 Å². The second-order valence-electron chi connectivity index (χ2n) is 4.39. The molecule has 0 saturated carbocycles. The zero-order valence-corrected chi connectivity index (χ0v) is 10.3. The first kappa shape index (κ1) is 13.4. The van der Waals surface area contributed by atoms with Gasteiger partial charge < -0.3 is 4.90 Å². The minimum atomic E-state index is -4.25. The van der Waals surface area contributed by atoms with Gasteiger partial charge in [-0.3, -0.25) is 0 Å². The van der Waals surface area contributed by atoms with Crippen LogP contribution in [0, 0.1) is 18.3 Å². The van der Waals surface area contributed by atoms with E-state index in [1.807, 2.05) is 6.07 Å². The fourth-order valence-corrected chi connectivity index (χ4v) is 2.01. The third kappa shape index (κ3) is 3.05. The quantitative estimate of drug-likeness (QED) is 0.734. The summed E-state index contributed by atoms with van der Waals surface area (Å²) in [5.41, 5.74) is 0.657. The Morgan fingerprint density at radius 1 is 1.37 bits per heavy atom. The smallest absolute Gasteiger partial charge is 0.353 e. The van der Waals surface area contributed by atoms with Crippen molar-refractivity contribution in [3.8, 4) is 6.07 Å². The van der Waals surface area contributed by atoms with Crippen LogP contribution in [-0.2, 0) is 0 Å². The van der Waals surface area contributed by atoms with Crippen molar-refractivity contribution in [3.63, 3.8) is 0 Å². The molecular formula is C13H12F3N3. The van der Waals surface area contributed by atoms with Crippen molar-refractivity contribution >= 4 is 5.82 Å². The molecule has 3 nitrogen and oxygen atoms in total. The highest BCUT2D eigenvalue weighted by molar-refractivity contribution is 5.48. The summed E-state index contributed by atoms with van der Waals surface area (Å²) in [6, 6.07) is 5.26. The number of halogens is 3. The van der Waals surface area contributed by atoms with E-state index in [1.54, 1.807) is 24.0 Å². The monoisotopic (exact) mass is 267 g/mol. The first-order valence-electron chi connectivity index (χ1n) is 5.80. The second-order valence-corrected chi connectivity index (χ2v) is 4.39. The maximum Gasteiger partial charge on any atom is 0.412 e. The van der Waals surface area contributed by atoms with Gasteiger partial charge in [0.15, 0.2) is 0 Å². The maximum atomic E-state index is 12.5. The van der Waals surface area contributed by atoms with Crippen LogP contribution in [0.3, 0.4) is 0 Å². The Morgan fingerprint density at radius 3 is 2.63 bits per heavy atom. The second kappa shape index (κ2) is 4.92. The van der Waals surface area contributed by atoms with Gasteiger partial charge in [0.05, 0.1) is 11.6 Å². The molecule has 100 valence electrons. The van der Waals surface area contributed by atoms with Crippen molar-refractivity contribution in [2.75, 3.05) is 18.0 Å². The van der Waals surface area contributed by atoms with Crippen molar-refractivity contribution in [3.05, 3.63) is 35.0 Å². The molecule has 1 aromatic rings. The van der Waals surface area contributed by atoms with Crippen LogP contribution in [0.4, 0.5) is 19.0 Å². The Kier molecular flexibility index (Phi) is 3.47. The summed E-state index contributed by atoms with van der Waals surface area (Å²) in [6.07, 6.45) is -3.12. The topological polar surface area (TPSA) is 39.9 Å². The molecule has 0 aromatic carbocycles. The van der Waals surface area contributed by atoms with Crippen LogP contribution in [0.2, 0.25) is 0 Å². The molecule has 0 amide bonds. The molecular weight excluding hydrogens is 255 g/mol. The molecule has 0 fully saturated rings. The number of aromatic nitrogens is 1. The Balaban J connectivity index is 2.21. The summed E-state index contributed by atoms with van der Waals surface area (Å²) in [5, 5.41) is 8.88. The van der Waals surface area contributed by atoms with E-state index in [-0.39, 0.29) is 19.5 Å². The van der Waals surface area contributed by atoms with Crippen molar-refractivity contribution in [2.45, 2.75) is 19.5 Å². The molecule has 1 aromatic heterocycles. The van der Waals surface area contributed by atoms with E-state index in [2.05, 4.69) is 4.98 Å². The van der Waals surface area contributed by atoms with Gasteiger partial charge in [-0.15, -0.1) is 0 Å². The van der Waals surface area contributed by atoms with Crippen LogP contribution in [0.25, 0.3) is 0 Å². The molecule has 0 spiro atoms. The predicted octanol–water partition coefficient (Wildman–Crippen LogP) is 2.96. The minimum Gasteiger partial charge on any atom is -0.353 e. The highest BCUT2D eigenvalue weighted by Crippen LogP contribution is 2.31. The third-order valence-electron chi connectivity index (χ3n) is 2.97. The van der Waals surface area contributed by atoms with Crippen molar-refractivity contribution in [1.82, 2.24) is 4.98 Å². The van der Waals surface area contributed by atoms with E-state index < -0.39 is 11.7 Å². The average molecular weight is 267 g/mol. The molecule has 1 aliphatic heterocycles. The number of rotatable bonds is 1.